The number of ether oxygens (including phenoxy) is 2. The standard InChI is InChI=1S/C12H18ClN3O2/c1-2-3-6-17-7-8-18-12-10(13)9(11(14)15)4-5-16-12/h4-5H,2-3,6-8H2,1H3,(H3,14,15). The van der Waals surface area contributed by atoms with E-state index in [4.69, 9.17) is 32.2 Å². The molecular formula is C12H18ClN3O2. The summed E-state index contributed by atoms with van der Waals surface area (Å²) in [5, 5.41) is 7.61. The molecule has 1 heterocycles. The Morgan fingerprint density at radius 1 is 1.44 bits per heavy atom. The fraction of sp³-hybridized carbons (Fsp3) is 0.500. The number of nitrogens with two attached hydrogens (primary N) is 1. The first kappa shape index (κ1) is 14.7. The Morgan fingerprint density at radius 3 is 2.89 bits per heavy atom. The number of hydrogen-bond acceptors (Lipinski definition) is 4. The molecule has 6 heteroatoms. The van der Waals surface area contributed by atoms with Crippen LogP contribution in [0.1, 0.15) is 25.3 Å². The maximum atomic E-state index is 7.35. The zero-order valence-corrected chi connectivity index (χ0v) is 11.2. The summed E-state index contributed by atoms with van der Waals surface area (Å²) in [6.07, 6.45) is 3.66. The summed E-state index contributed by atoms with van der Waals surface area (Å²) in [6.45, 7) is 3.70. The van der Waals surface area contributed by atoms with Gasteiger partial charge in [-0.3, -0.25) is 5.41 Å². The summed E-state index contributed by atoms with van der Waals surface area (Å²) < 4.78 is 10.7. The van der Waals surface area contributed by atoms with Crippen LogP contribution in [0.2, 0.25) is 5.02 Å². The SMILES string of the molecule is CCCCOCCOc1nccc(C(=N)N)c1Cl. The second kappa shape index (κ2) is 7.89. The Hall–Kier alpha value is -1.33. The Kier molecular flexibility index (Phi) is 6.46. The van der Waals surface area contributed by atoms with Gasteiger partial charge in [0.1, 0.15) is 17.5 Å². The number of rotatable bonds is 8. The molecule has 0 aliphatic carbocycles. The number of nitrogens with one attached hydrogen (secondary N) is 1. The first-order valence-corrected chi connectivity index (χ1v) is 6.24. The molecular weight excluding hydrogens is 254 g/mol. The van der Waals surface area contributed by atoms with E-state index in [0.29, 0.717) is 18.8 Å². The van der Waals surface area contributed by atoms with E-state index in [-0.39, 0.29) is 16.7 Å². The van der Waals surface area contributed by atoms with Crippen molar-refractivity contribution in [2.75, 3.05) is 19.8 Å². The molecule has 0 aromatic carbocycles. The first-order valence-electron chi connectivity index (χ1n) is 5.86. The molecule has 0 radical (unpaired) electrons. The fourth-order valence-electron chi connectivity index (χ4n) is 1.28. The van der Waals surface area contributed by atoms with Crippen molar-refractivity contribution in [3.8, 4) is 5.88 Å². The van der Waals surface area contributed by atoms with Gasteiger partial charge in [0.05, 0.1) is 6.61 Å². The summed E-state index contributed by atoms with van der Waals surface area (Å²) in [6, 6.07) is 1.58. The van der Waals surface area contributed by atoms with E-state index in [1.54, 1.807) is 6.07 Å². The highest BCUT2D eigenvalue weighted by atomic mass is 35.5. The third kappa shape index (κ3) is 4.50. The lowest BCUT2D eigenvalue weighted by molar-refractivity contribution is 0.0965. The van der Waals surface area contributed by atoms with Crippen molar-refractivity contribution in [2.45, 2.75) is 19.8 Å². The third-order valence-corrected chi connectivity index (χ3v) is 2.62. The molecule has 1 rings (SSSR count). The van der Waals surface area contributed by atoms with Gasteiger partial charge in [-0.2, -0.15) is 0 Å². The number of hydrogen-bond donors (Lipinski definition) is 2. The van der Waals surface area contributed by atoms with Crippen molar-refractivity contribution in [2.24, 2.45) is 5.73 Å². The summed E-state index contributed by atoms with van der Waals surface area (Å²) in [7, 11) is 0. The van der Waals surface area contributed by atoms with E-state index in [2.05, 4.69) is 11.9 Å². The lowest BCUT2D eigenvalue weighted by atomic mass is 10.2. The first-order chi connectivity index (χ1) is 8.66. The average molecular weight is 272 g/mol. The van der Waals surface area contributed by atoms with Crippen molar-refractivity contribution in [1.29, 1.82) is 5.41 Å². The number of nitrogens with zero attached hydrogens (tertiary/aromatic N) is 1. The Labute approximate surface area is 112 Å². The Balaban J connectivity index is 2.43. The molecule has 3 N–H and O–H groups in total. The molecule has 0 spiro atoms. The van der Waals surface area contributed by atoms with Crippen molar-refractivity contribution in [3.63, 3.8) is 0 Å². The largest absolute Gasteiger partial charge is 0.474 e. The molecule has 18 heavy (non-hydrogen) atoms. The van der Waals surface area contributed by atoms with Gasteiger partial charge in [0.2, 0.25) is 5.88 Å². The van der Waals surface area contributed by atoms with Crippen molar-refractivity contribution >= 4 is 17.4 Å². The summed E-state index contributed by atoms with van der Waals surface area (Å²) in [5.41, 5.74) is 5.81. The van der Waals surface area contributed by atoms with Crippen LogP contribution in [0, 0.1) is 5.41 Å². The minimum absolute atomic E-state index is 0.105. The number of unbranched alkanes of at least 4 members (excludes halogenated alkanes) is 1. The second-order valence-electron chi connectivity index (χ2n) is 3.71. The van der Waals surface area contributed by atoms with Crippen LogP contribution in [0.25, 0.3) is 0 Å². The maximum Gasteiger partial charge on any atom is 0.233 e. The van der Waals surface area contributed by atoms with E-state index in [0.717, 1.165) is 19.4 Å². The van der Waals surface area contributed by atoms with Crippen molar-refractivity contribution < 1.29 is 9.47 Å². The molecule has 1 aromatic heterocycles. The molecule has 0 saturated heterocycles. The zero-order valence-electron chi connectivity index (χ0n) is 10.4. The predicted molar refractivity (Wildman–Crippen MR) is 71.5 cm³/mol. The van der Waals surface area contributed by atoms with E-state index in [9.17, 15) is 0 Å². The molecule has 0 unspecified atom stereocenters. The molecule has 5 nitrogen and oxygen atoms in total. The topological polar surface area (TPSA) is 81.2 Å². The molecule has 100 valence electrons. The van der Waals surface area contributed by atoms with Crippen molar-refractivity contribution in [1.82, 2.24) is 4.98 Å². The van der Waals surface area contributed by atoms with Gasteiger partial charge in [-0.05, 0) is 12.5 Å². The zero-order chi connectivity index (χ0) is 13.4. The smallest absolute Gasteiger partial charge is 0.233 e. The molecule has 0 fully saturated rings. The summed E-state index contributed by atoms with van der Waals surface area (Å²) in [4.78, 5) is 3.99. The van der Waals surface area contributed by atoms with Crippen LogP contribution in [-0.2, 0) is 4.74 Å². The van der Waals surface area contributed by atoms with Crippen molar-refractivity contribution in [3.05, 3.63) is 22.8 Å². The molecule has 0 saturated carbocycles. The molecule has 1 aromatic rings. The molecule has 0 atom stereocenters. The van der Waals surface area contributed by atoms with Gasteiger partial charge in [-0.15, -0.1) is 0 Å². The molecule has 0 aliphatic rings. The minimum Gasteiger partial charge on any atom is -0.474 e. The average Bonchev–Trinajstić information content (AvgIpc) is 2.35. The molecule has 0 aliphatic heterocycles. The van der Waals surface area contributed by atoms with E-state index < -0.39 is 0 Å². The van der Waals surface area contributed by atoms with Gasteiger partial charge >= 0.3 is 0 Å². The Morgan fingerprint density at radius 2 is 2.22 bits per heavy atom. The van der Waals surface area contributed by atoms with E-state index in [1.807, 2.05) is 0 Å². The van der Waals surface area contributed by atoms with E-state index >= 15 is 0 Å². The van der Waals surface area contributed by atoms with Crippen LogP contribution in [-0.4, -0.2) is 30.6 Å². The fourth-order valence-corrected chi connectivity index (χ4v) is 1.55. The lowest BCUT2D eigenvalue weighted by Crippen LogP contribution is -2.13. The minimum atomic E-state index is -0.105. The van der Waals surface area contributed by atoms with E-state index in [1.165, 1.54) is 6.20 Å². The number of halogens is 1. The Bertz CT molecular complexity index is 399. The summed E-state index contributed by atoms with van der Waals surface area (Å²) in [5.74, 6) is 0.176. The second-order valence-corrected chi connectivity index (χ2v) is 4.08. The number of aromatic nitrogens is 1. The number of amidine groups is 1. The monoisotopic (exact) mass is 271 g/mol. The van der Waals surface area contributed by atoms with Gasteiger partial charge in [0.25, 0.3) is 0 Å². The quantitative estimate of drug-likeness (QED) is 0.431. The normalized spacial score (nSPS) is 10.3. The van der Waals surface area contributed by atoms with Crippen LogP contribution in [0.3, 0.4) is 0 Å². The number of nitrogen functional groups attached to an aromatic ring is 1. The van der Waals surface area contributed by atoms with Crippen LogP contribution in [0.4, 0.5) is 0 Å². The van der Waals surface area contributed by atoms with Gasteiger partial charge in [-0.25, -0.2) is 4.98 Å². The maximum absolute atomic E-state index is 7.35. The predicted octanol–water partition coefficient (Wildman–Crippen LogP) is 2.21. The van der Waals surface area contributed by atoms with Gasteiger partial charge < -0.3 is 15.2 Å². The highest BCUT2D eigenvalue weighted by Crippen LogP contribution is 2.24. The van der Waals surface area contributed by atoms with Crippen LogP contribution < -0.4 is 10.5 Å². The highest BCUT2D eigenvalue weighted by molar-refractivity contribution is 6.35. The lowest BCUT2D eigenvalue weighted by Gasteiger charge is -2.09. The van der Waals surface area contributed by atoms with Crippen LogP contribution in [0.15, 0.2) is 12.3 Å². The van der Waals surface area contributed by atoms with Gasteiger partial charge in [0.15, 0.2) is 0 Å². The van der Waals surface area contributed by atoms with Crippen LogP contribution >= 0.6 is 11.6 Å². The summed E-state index contributed by atoms with van der Waals surface area (Å²) >= 11 is 6.02. The highest BCUT2D eigenvalue weighted by Gasteiger charge is 2.10. The third-order valence-electron chi connectivity index (χ3n) is 2.26. The molecule has 0 bridgehead atoms. The number of pyridine rings is 1. The van der Waals surface area contributed by atoms with Crippen LogP contribution in [0.5, 0.6) is 5.88 Å². The molecule has 0 amide bonds. The van der Waals surface area contributed by atoms with Gasteiger partial charge in [-0.1, -0.05) is 24.9 Å². The van der Waals surface area contributed by atoms with Gasteiger partial charge in [0, 0.05) is 18.4 Å².